The second-order valence-electron chi connectivity index (χ2n) is 7.63. The van der Waals surface area contributed by atoms with E-state index in [0.717, 1.165) is 22.6 Å². The van der Waals surface area contributed by atoms with E-state index in [1.165, 1.54) is 6.07 Å². The van der Waals surface area contributed by atoms with E-state index in [-0.39, 0.29) is 10.8 Å². The van der Waals surface area contributed by atoms with Gasteiger partial charge in [-0.1, -0.05) is 61.8 Å². The van der Waals surface area contributed by atoms with Gasteiger partial charge >= 0.3 is 5.02 Å². The van der Waals surface area contributed by atoms with Crippen molar-refractivity contribution >= 4 is 27.5 Å². The first-order valence-corrected chi connectivity index (χ1v) is 10.7. The molecule has 0 aliphatic heterocycles. The van der Waals surface area contributed by atoms with Crippen LogP contribution in [0.4, 0.5) is 8.78 Å². The highest BCUT2D eigenvalue weighted by atomic mass is 79.9. The van der Waals surface area contributed by atoms with Gasteiger partial charge < -0.3 is 14.2 Å². The van der Waals surface area contributed by atoms with E-state index in [2.05, 4.69) is 20.7 Å². The molecule has 0 spiro atoms. The fraction of sp³-hybridized carbons (Fsp3) is 0.250. The molecule has 0 aliphatic carbocycles. The molecule has 0 amide bonds. The fourth-order valence-corrected chi connectivity index (χ4v) is 3.35. The van der Waals surface area contributed by atoms with E-state index in [4.69, 9.17) is 21.1 Å². The number of hydrogen-bond donors (Lipinski definition) is 0. The van der Waals surface area contributed by atoms with Crippen molar-refractivity contribution in [2.24, 2.45) is 0 Å². The normalized spacial score (nSPS) is 11.9. The highest BCUT2D eigenvalue weighted by molar-refractivity contribution is 9.09. The molecular weight excluding hydrogens is 490 g/mol. The molecule has 3 nitrogen and oxygen atoms in total. The van der Waals surface area contributed by atoms with Crippen LogP contribution in [0.3, 0.4) is 0 Å². The summed E-state index contributed by atoms with van der Waals surface area (Å²) < 4.78 is 42.3. The van der Waals surface area contributed by atoms with Crippen molar-refractivity contribution in [2.75, 3.05) is 6.61 Å². The lowest BCUT2D eigenvalue weighted by Crippen LogP contribution is -2.24. The van der Waals surface area contributed by atoms with Crippen molar-refractivity contribution in [2.45, 2.75) is 30.9 Å². The van der Waals surface area contributed by atoms with E-state index in [1.54, 1.807) is 12.1 Å². The van der Waals surface area contributed by atoms with Gasteiger partial charge in [0, 0.05) is 21.3 Å². The molecule has 0 bridgehead atoms. The van der Waals surface area contributed by atoms with E-state index in [9.17, 15) is 8.78 Å². The number of para-hydroxylation sites is 1. The molecule has 0 saturated carbocycles. The number of rotatable bonds is 9. The van der Waals surface area contributed by atoms with Crippen LogP contribution in [-0.4, -0.2) is 11.6 Å². The molecule has 0 unspecified atom stereocenters. The van der Waals surface area contributed by atoms with Crippen LogP contribution in [0.1, 0.15) is 25.0 Å². The lowest BCUT2D eigenvalue weighted by Gasteiger charge is -2.26. The maximum Gasteiger partial charge on any atom is 0.459 e. The van der Waals surface area contributed by atoms with Gasteiger partial charge in [-0.2, -0.15) is 8.78 Å². The van der Waals surface area contributed by atoms with Crippen molar-refractivity contribution in [3.63, 3.8) is 0 Å². The number of hydrogen-bond acceptors (Lipinski definition) is 3. The first-order valence-electron chi connectivity index (χ1n) is 9.58. The average molecular weight is 512 g/mol. The van der Waals surface area contributed by atoms with Crippen LogP contribution < -0.4 is 9.47 Å². The van der Waals surface area contributed by atoms with Gasteiger partial charge in [-0.15, -0.1) is 0 Å². The maximum absolute atomic E-state index is 13.0. The molecule has 7 heteroatoms. The van der Waals surface area contributed by atoms with Crippen LogP contribution >= 0.6 is 27.5 Å². The molecule has 0 N–H and O–H groups in total. The summed E-state index contributed by atoms with van der Waals surface area (Å²) in [4.78, 5) is 0. The van der Waals surface area contributed by atoms with Crippen LogP contribution in [-0.2, 0) is 16.8 Å². The summed E-state index contributed by atoms with van der Waals surface area (Å²) in [6.07, 6.45) is 0. The predicted molar refractivity (Wildman–Crippen MR) is 122 cm³/mol. The van der Waals surface area contributed by atoms with Gasteiger partial charge in [0.05, 0.1) is 18.2 Å². The van der Waals surface area contributed by atoms with Crippen LogP contribution in [0.25, 0.3) is 0 Å². The van der Waals surface area contributed by atoms with Gasteiger partial charge in [0.2, 0.25) is 0 Å². The average Bonchev–Trinajstić information content (AvgIpc) is 2.69. The monoisotopic (exact) mass is 510 g/mol. The maximum atomic E-state index is 13.0. The van der Waals surface area contributed by atoms with Gasteiger partial charge in [0.25, 0.3) is 0 Å². The van der Waals surface area contributed by atoms with E-state index in [0.29, 0.717) is 13.2 Å². The Morgan fingerprint density at radius 2 is 1.61 bits per heavy atom. The fourth-order valence-electron chi connectivity index (χ4n) is 2.96. The van der Waals surface area contributed by atoms with Crippen molar-refractivity contribution in [3.05, 3.63) is 88.9 Å². The molecule has 0 aromatic heterocycles. The predicted octanol–water partition coefficient (Wildman–Crippen LogP) is 7.95. The standard InChI is InChI=1S/C24H22BrClF2O3/c1-23(2,18-11-12-22(21(26)14-18)31-24(25,27)28)16-29-15-17-7-6-10-20(13-17)30-19-8-4-3-5-9-19/h3-14H,15-16H2,1-2H3. The highest BCUT2D eigenvalue weighted by Crippen LogP contribution is 2.36. The molecule has 0 saturated heterocycles. The van der Waals surface area contributed by atoms with Gasteiger partial charge in [-0.3, -0.25) is 0 Å². The number of benzene rings is 3. The molecular formula is C24H22BrClF2O3. The molecule has 0 heterocycles. The zero-order valence-electron chi connectivity index (χ0n) is 17.1. The summed E-state index contributed by atoms with van der Waals surface area (Å²) in [6.45, 7) is 4.79. The molecule has 31 heavy (non-hydrogen) atoms. The number of ether oxygens (including phenoxy) is 3. The summed E-state index contributed by atoms with van der Waals surface area (Å²) in [5.74, 6) is 1.40. The molecule has 0 aliphatic rings. The van der Waals surface area contributed by atoms with Crippen LogP contribution in [0.15, 0.2) is 72.8 Å². The smallest absolute Gasteiger partial charge is 0.457 e. The Morgan fingerprint density at radius 1 is 0.903 bits per heavy atom. The largest absolute Gasteiger partial charge is 0.459 e. The third-order valence-corrected chi connectivity index (χ3v) is 5.01. The van der Waals surface area contributed by atoms with Crippen molar-refractivity contribution in [3.8, 4) is 17.2 Å². The molecule has 3 aromatic rings. The quantitative estimate of drug-likeness (QED) is 0.273. The molecule has 0 radical (unpaired) electrons. The second-order valence-corrected chi connectivity index (χ2v) is 8.96. The van der Waals surface area contributed by atoms with E-state index in [1.807, 2.05) is 68.4 Å². The van der Waals surface area contributed by atoms with Crippen molar-refractivity contribution < 1.29 is 23.0 Å². The van der Waals surface area contributed by atoms with E-state index < -0.39 is 10.4 Å². The Morgan fingerprint density at radius 3 is 2.29 bits per heavy atom. The highest BCUT2D eigenvalue weighted by Gasteiger charge is 2.29. The second kappa shape index (κ2) is 9.98. The lowest BCUT2D eigenvalue weighted by atomic mass is 9.85. The van der Waals surface area contributed by atoms with Gasteiger partial charge in [-0.05, 0) is 47.5 Å². The van der Waals surface area contributed by atoms with Crippen molar-refractivity contribution in [1.29, 1.82) is 0 Å². The van der Waals surface area contributed by atoms with Crippen molar-refractivity contribution in [1.82, 2.24) is 0 Å². The summed E-state index contributed by atoms with van der Waals surface area (Å²) in [5.41, 5.74) is 1.44. The van der Waals surface area contributed by atoms with Crippen LogP contribution in [0.5, 0.6) is 17.2 Å². The lowest BCUT2D eigenvalue weighted by molar-refractivity contribution is -0.0802. The minimum absolute atomic E-state index is 0.0979. The molecule has 3 aromatic carbocycles. The topological polar surface area (TPSA) is 27.7 Å². The summed E-state index contributed by atoms with van der Waals surface area (Å²) in [7, 11) is 0. The minimum atomic E-state index is -3.48. The van der Waals surface area contributed by atoms with Gasteiger partial charge in [0.15, 0.2) is 0 Å². The zero-order valence-corrected chi connectivity index (χ0v) is 19.4. The first-order chi connectivity index (χ1) is 14.6. The SMILES string of the molecule is CC(C)(COCc1cccc(Oc2ccccc2)c1)c1ccc(OC(F)(F)Br)c(Cl)c1. The van der Waals surface area contributed by atoms with Crippen LogP contribution in [0.2, 0.25) is 5.02 Å². The summed E-state index contributed by atoms with van der Waals surface area (Å²) >= 11 is 8.27. The third kappa shape index (κ3) is 7.20. The third-order valence-electron chi connectivity index (χ3n) is 4.55. The Labute approximate surface area is 194 Å². The Balaban J connectivity index is 1.59. The number of alkyl halides is 3. The van der Waals surface area contributed by atoms with E-state index >= 15 is 0 Å². The number of halogens is 4. The van der Waals surface area contributed by atoms with Crippen LogP contribution in [0, 0.1) is 0 Å². The summed E-state index contributed by atoms with van der Waals surface area (Å²) in [6, 6.07) is 22.0. The first kappa shape index (κ1) is 23.5. The van der Waals surface area contributed by atoms with Gasteiger partial charge in [0.1, 0.15) is 17.2 Å². The molecule has 164 valence electrons. The van der Waals surface area contributed by atoms with Gasteiger partial charge in [-0.25, -0.2) is 0 Å². The molecule has 3 rings (SSSR count). The minimum Gasteiger partial charge on any atom is -0.457 e. The summed E-state index contributed by atoms with van der Waals surface area (Å²) in [5, 5.41) is -3.37. The Bertz CT molecular complexity index is 1010. The zero-order chi connectivity index (χ0) is 22.5. The molecule has 0 fully saturated rings. The Hall–Kier alpha value is -2.15. The molecule has 0 atom stereocenters. The Kier molecular flexibility index (Phi) is 7.57.